The lowest BCUT2D eigenvalue weighted by atomic mass is 9.97. The fraction of sp³-hybridized carbons (Fsp3) is 0.357. The van der Waals surface area contributed by atoms with E-state index >= 15 is 0 Å². The van der Waals surface area contributed by atoms with E-state index in [1.54, 1.807) is 18.3 Å². The molecule has 5 heterocycles. The summed E-state index contributed by atoms with van der Waals surface area (Å²) in [5, 5.41) is 5.51. The Labute approximate surface area is 232 Å². The van der Waals surface area contributed by atoms with Crippen molar-refractivity contribution >= 4 is 40.8 Å². The molecule has 0 spiro atoms. The van der Waals surface area contributed by atoms with Crippen LogP contribution < -0.4 is 20.4 Å². The van der Waals surface area contributed by atoms with Gasteiger partial charge < -0.3 is 15.1 Å². The molecule has 3 aromatic heterocycles. The number of carbonyl (C=O) groups excluding carboxylic acids is 2. The predicted octanol–water partition coefficient (Wildman–Crippen LogP) is 3.64. The van der Waals surface area contributed by atoms with Crippen LogP contribution in [0.1, 0.15) is 29.8 Å². The van der Waals surface area contributed by atoms with Crippen LogP contribution in [0.5, 0.6) is 0 Å². The molecule has 2 aliphatic rings. The van der Waals surface area contributed by atoms with Gasteiger partial charge in [0.25, 0.3) is 11.1 Å². The molecule has 202 valence electrons. The van der Waals surface area contributed by atoms with Gasteiger partial charge in [-0.2, -0.15) is 0 Å². The molecule has 2 N–H and O–H groups in total. The number of pyridine rings is 2. The number of imide groups is 1. The molecular formula is C28H32N8O2S. The Kier molecular flexibility index (Phi) is 8.18. The van der Waals surface area contributed by atoms with Gasteiger partial charge in [-0.05, 0) is 86.0 Å². The highest BCUT2D eigenvalue weighted by molar-refractivity contribution is 8.18. The summed E-state index contributed by atoms with van der Waals surface area (Å²) in [7, 11) is 3.96. The van der Waals surface area contributed by atoms with Gasteiger partial charge in [0.1, 0.15) is 5.82 Å². The number of carbonyl (C=O) groups is 2. The van der Waals surface area contributed by atoms with Crippen LogP contribution in [0.4, 0.5) is 16.6 Å². The van der Waals surface area contributed by atoms with Crippen LogP contribution in [-0.4, -0.2) is 64.8 Å². The summed E-state index contributed by atoms with van der Waals surface area (Å²) in [6.07, 6.45) is 7.27. The fourth-order valence-electron chi connectivity index (χ4n) is 4.67. The van der Waals surface area contributed by atoms with Crippen molar-refractivity contribution in [2.45, 2.75) is 26.3 Å². The van der Waals surface area contributed by atoms with Gasteiger partial charge in [-0.1, -0.05) is 0 Å². The maximum absolute atomic E-state index is 11.8. The Morgan fingerprint density at radius 3 is 2.64 bits per heavy atom. The third-order valence-corrected chi connectivity index (χ3v) is 7.56. The Morgan fingerprint density at radius 2 is 1.95 bits per heavy atom. The lowest BCUT2D eigenvalue weighted by molar-refractivity contribution is -0.115. The zero-order chi connectivity index (χ0) is 27.4. The molecule has 3 aromatic rings. The summed E-state index contributed by atoms with van der Waals surface area (Å²) in [5.74, 6) is 1.75. The first-order valence-corrected chi connectivity index (χ1v) is 13.8. The van der Waals surface area contributed by atoms with Crippen LogP contribution >= 0.6 is 11.8 Å². The second-order valence-corrected chi connectivity index (χ2v) is 11.0. The summed E-state index contributed by atoms with van der Waals surface area (Å²) in [6, 6.07) is 10.0. The van der Waals surface area contributed by atoms with E-state index in [1.807, 2.05) is 31.3 Å². The highest BCUT2D eigenvalue weighted by atomic mass is 32.2. The van der Waals surface area contributed by atoms with Crippen molar-refractivity contribution in [1.82, 2.24) is 30.6 Å². The number of nitrogens with zero attached hydrogens (tertiary/aromatic N) is 6. The molecule has 39 heavy (non-hydrogen) atoms. The smallest absolute Gasteiger partial charge is 0.290 e. The van der Waals surface area contributed by atoms with Crippen molar-refractivity contribution in [3.63, 3.8) is 0 Å². The minimum Gasteiger partial charge on any atom is -0.363 e. The van der Waals surface area contributed by atoms with Crippen molar-refractivity contribution < 1.29 is 9.59 Å². The lowest BCUT2D eigenvalue weighted by Gasteiger charge is -2.32. The monoisotopic (exact) mass is 544 g/mol. The SMILES string of the molecule is Cc1cc(CNCC2CCN(c3nccc(C=C4SC(=O)NC4=O)n3)CC2)nc(-c2ccc(N(C)C)nc2)c1. The van der Waals surface area contributed by atoms with Crippen molar-refractivity contribution in [2.75, 3.05) is 43.5 Å². The minimum atomic E-state index is -0.383. The number of aromatic nitrogens is 4. The first kappa shape index (κ1) is 26.8. The molecule has 0 radical (unpaired) electrons. The topological polar surface area (TPSA) is 116 Å². The van der Waals surface area contributed by atoms with E-state index in [9.17, 15) is 9.59 Å². The van der Waals surface area contributed by atoms with Gasteiger partial charge in [0.05, 0.1) is 22.0 Å². The van der Waals surface area contributed by atoms with E-state index in [2.05, 4.69) is 55.6 Å². The number of nitrogens with one attached hydrogen (secondary N) is 2. The zero-order valence-electron chi connectivity index (χ0n) is 22.3. The molecule has 2 fully saturated rings. The molecule has 0 bridgehead atoms. The Balaban J connectivity index is 1.13. The van der Waals surface area contributed by atoms with Crippen molar-refractivity contribution in [3.8, 4) is 11.3 Å². The van der Waals surface area contributed by atoms with Gasteiger partial charge in [0, 0.05) is 51.7 Å². The van der Waals surface area contributed by atoms with Gasteiger partial charge in [0.2, 0.25) is 5.95 Å². The summed E-state index contributed by atoms with van der Waals surface area (Å²) < 4.78 is 0. The Bertz CT molecular complexity index is 1380. The van der Waals surface area contributed by atoms with E-state index in [0.717, 1.165) is 67.0 Å². The summed E-state index contributed by atoms with van der Waals surface area (Å²) in [6.45, 7) is 5.46. The van der Waals surface area contributed by atoms with Crippen LogP contribution in [0.25, 0.3) is 17.3 Å². The van der Waals surface area contributed by atoms with Gasteiger partial charge in [-0.15, -0.1) is 0 Å². The zero-order valence-corrected chi connectivity index (χ0v) is 23.2. The first-order valence-electron chi connectivity index (χ1n) is 13.0. The predicted molar refractivity (Wildman–Crippen MR) is 154 cm³/mol. The number of hydrogen-bond donors (Lipinski definition) is 2. The number of rotatable bonds is 8. The van der Waals surface area contributed by atoms with Crippen LogP contribution in [-0.2, 0) is 11.3 Å². The maximum Gasteiger partial charge on any atom is 0.290 e. The molecular weight excluding hydrogens is 512 g/mol. The fourth-order valence-corrected chi connectivity index (χ4v) is 5.34. The molecule has 10 nitrogen and oxygen atoms in total. The second kappa shape index (κ2) is 11.9. The van der Waals surface area contributed by atoms with Crippen molar-refractivity contribution in [3.05, 3.63) is 64.6 Å². The summed E-state index contributed by atoms with van der Waals surface area (Å²) in [4.78, 5) is 46.2. The number of hydrogen-bond acceptors (Lipinski definition) is 10. The number of aryl methyl sites for hydroxylation is 1. The van der Waals surface area contributed by atoms with Crippen molar-refractivity contribution in [2.24, 2.45) is 5.92 Å². The third kappa shape index (κ3) is 6.79. The average molecular weight is 545 g/mol. The number of piperidine rings is 1. The highest BCUT2D eigenvalue weighted by Crippen LogP contribution is 2.26. The largest absolute Gasteiger partial charge is 0.363 e. The summed E-state index contributed by atoms with van der Waals surface area (Å²) in [5.41, 5.74) is 4.77. The van der Waals surface area contributed by atoms with Crippen LogP contribution in [0.3, 0.4) is 0 Å². The van der Waals surface area contributed by atoms with Crippen LogP contribution in [0.2, 0.25) is 0 Å². The molecule has 0 saturated carbocycles. The molecule has 2 aliphatic heterocycles. The van der Waals surface area contributed by atoms with Gasteiger partial charge in [-0.3, -0.25) is 19.9 Å². The van der Waals surface area contributed by atoms with E-state index in [1.165, 1.54) is 5.56 Å². The average Bonchev–Trinajstić information content (AvgIpc) is 3.25. The maximum atomic E-state index is 11.8. The number of amides is 2. The van der Waals surface area contributed by atoms with Crippen molar-refractivity contribution in [1.29, 1.82) is 0 Å². The molecule has 11 heteroatoms. The Hall–Kier alpha value is -3.83. The van der Waals surface area contributed by atoms with Gasteiger partial charge in [0.15, 0.2) is 0 Å². The van der Waals surface area contributed by atoms with E-state index in [-0.39, 0.29) is 11.1 Å². The van der Waals surface area contributed by atoms with Gasteiger partial charge in [-0.25, -0.2) is 15.0 Å². The molecule has 0 atom stereocenters. The van der Waals surface area contributed by atoms with E-state index < -0.39 is 0 Å². The molecule has 0 aliphatic carbocycles. The van der Waals surface area contributed by atoms with Gasteiger partial charge >= 0.3 is 0 Å². The molecule has 0 unspecified atom stereocenters. The second-order valence-electron chi connectivity index (χ2n) is 10.0. The quantitative estimate of drug-likeness (QED) is 0.407. The number of thioether (sulfide) groups is 1. The molecule has 0 aromatic carbocycles. The lowest BCUT2D eigenvalue weighted by Crippen LogP contribution is -2.38. The molecule has 5 rings (SSSR count). The summed E-state index contributed by atoms with van der Waals surface area (Å²) >= 11 is 0.889. The van der Waals surface area contributed by atoms with E-state index in [0.29, 0.717) is 29.0 Å². The minimum absolute atomic E-state index is 0.351. The molecule has 2 amide bonds. The molecule has 2 saturated heterocycles. The third-order valence-electron chi connectivity index (χ3n) is 6.75. The highest BCUT2D eigenvalue weighted by Gasteiger charge is 2.26. The number of anilines is 2. The normalized spacial score (nSPS) is 17.1. The standard InChI is InChI=1S/C28H32N8O2S/c1-18-12-22(32-23(13-18)20-4-5-25(31-16-20)35(2)3)17-29-15-19-7-10-36(11-8-19)27-30-9-6-21(33-27)14-24-26(37)34-28(38)39-24/h4-6,9,12-14,16,19,29H,7-8,10-11,15,17H2,1-3H3,(H,34,37,38). The van der Waals surface area contributed by atoms with E-state index in [4.69, 9.17) is 4.98 Å². The van der Waals surface area contributed by atoms with Crippen LogP contribution in [0, 0.1) is 12.8 Å². The van der Waals surface area contributed by atoms with Crippen LogP contribution in [0.15, 0.2) is 47.6 Å². The Morgan fingerprint density at radius 1 is 1.13 bits per heavy atom. The first-order chi connectivity index (χ1) is 18.8.